The fourth-order valence-corrected chi connectivity index (χ4v) is 2.80. The number of hydrogen-bond acceptors (Lipinski definition) is 5. The lowest BCUT2D eigenvalue weighted by atomic mass is 10.1. The molecule has 1 aliphatic rings. The van der Waals surface area contributed by atoms with E-state index in [1.165, 1.54) is 6.20 Å². The van der Waals surface area contributed by atoms with E-state index in [1.807, 2.05) is 6.07 Å². The zero-order valence-corrected chi connectivity index (χ0v) is 14.2. The molecule has 0 unspecified atom stereocenters. The minimum absolute atomic E-state index is 0.129. The summed E-state index contributed by atoms with van der Waals surface area (Å²) < 4.78 is 27.2. The number of amides is 1. The number of anilines is 2. The molecule has 1 saturated heterocycles. The highest BCUT2D eigenvalue weighted by molar-refractivity contribution is 5.94. The summed E-state index contributed by atoms with van der Waals surface area (Å²) in [5, 5.41) is 11.9. The second-order valence-electron chi connectivity index (χ2n) is 6.21. The molecule has 1 N–H and O–H groups in total. The number of aromatic nitrogens is 2. The molecule has 2 aromatic heterocycles. The number of likely N-dealkylation sites (tertiary alicyclic amines) is 1. The van der Waals surface area contributed by atoms with E-state index < -0.39 is 18.4 Å². The Morgan fingerprint density at radius 2 is 2.15 bits per heavy atom. The molecule has 0 atom stereocenters. The number of nitrogens with one attached hydrogen (secondary N) is 1. The molecule has 0 saturated carbocycles. The van der Waals surface area contributed by atoms with Gasteiger partial charge in [-0.25, -0.2) is 18.7 Å². The smallest absolute Gasteiger partial charge is 0.273 e. The molecule has 0 radical (unpaired) electrons. The van der Waals surface area contributed by atoms with Crippen molar-refractivity contribution in [1.82, 2.24) is 14.9 Å². The molecule has 8 heteroatoms. The lowest BCUT2D eigenvalue weighted by Gasteiger charge is -2.32. The van der Waals surface area contributed by atoms with Gasteiger partial charge in [0.15, 0.2) is 0 Å². The largest absolute Gasteiger partial charge is 0.331 e. The summed E-state index contributed by atoms with van der Waals surface area (Å²) in [6.45, 7) is 1.41. The number of pyridine rings is 2. The third kappa shape index (κ3) is 3.94. The molecule has 1 amide bonds. The second kappa shape index (κ2) is 7.04. The fraction of sp³-hybridized carbons (Fsp3) is 0.333. The van der Waals surface area contributed by atoms with Crippen molar-refractivity contribution in [2.75, 3.05) is 18.4 Å². The zero-order chi connectivity index (χ0) is 18.7. The number of aryl methyl sites for hydroxylation is 1. The average molecular weight is 357 g/mol. The van der Waals surface area contributed by atoms with Gasteiger partial charge in [0.2, 0.25) is 0 Å². The minimum atomic E-state index is -2.86. The number of alkyl halides is 2. The molecule has 134 valence electrons. The molecule has 0 aliphatic carbocycles. The first-order chi connectivity index (χ1) is 12.4. The van der Waals surface area contributed by atoms with E-state index in [4.69, 9.17) is 5.26 Å². The summed E-state index contributed by atoms with van der Waals surface area (Å²) in [6, 6.07) is 8.49. The maximum absolute atomic E-state index is 13.6. The SMILES string of the molecule is Cc1ccc(Nc2cc(C#N)ccn2)nc1C(=O)N1CCCC(F)(F)C1. The fourth-order valence-electron chi connectivity index (χ4n) is 2.80. The van der Waals surface area contributed by atoms with Gasteiger partial charge in [-0.05, 0) is 37.1 Å². The molecule has 6 nitrogen and oxygen atoms in total. The van der Waals surface area contributed by atoms with Gasteiger partial charge >= 0.3 is 0 Å². The molecular weight excluding hydrogens is 340 g/mol. The summed E-state index contributed by atoms with van der Waals surface area (Å²) in [5.74, 6) is -2.61. The Morgan fingerprint density at radius 1 is 1.35 bits per heavy atom. The minimum Gasteiger partial charge on any atom is -0.331 e. The van der Waals surface area contributed by atoms with Crippen molar-refractivity contribution in [3.63, 3.8) is 0 Å². The maximum atomic E-state index is 13.6. The van der Waals surface area contributed by atoms with E-state index in [9.17, 15) is 13.6 Å². The number of hydrogen-bond donors (Lipinski definition) is 1. The highest BCUT2D eigenvalue weighted by atomic mass is 19.3. The van der Waals surface area contributed by atoms with Crippen LogP contribution in [0.1, 0.15) is 34.5 Å². The number of carbonyl (C=O) groups is 1. The molecule has 26 heavy (non-hydrogen) atoms. The van der Waals surface area contributed by atoms with Crippen LogP contribution in [0, 0.1) is 18.3 Å². The number of nitrogens with zero attached hydrogens (tertiary/aromatic N) is 4. The Bertz CT molecular complexity index is 878. The summed E-state index contributed by atoms with van der Waals surface area (Å²) in [4.78, 5) is 22.2. The number of rotatable bonds is 3. The van der Waals surface area contributed by atoms with Crippen LogP contribution in [-0.4, -0.2) is 39.8 Å². The van der Waals surface area contributed by atoms with Crippen LogP contribution in [0.5, 0.6) is 0 Å². The zero-order valence-electron chi connectivity index (χ0n) is 14.2. The van der Waals surface area contributed by atoms with Gasteiger partial charge in [-0.1, -0.05) is 6.07 Å². The summed E-state index contributed by atoms with van der Waals surface area (Å²) in [6.07, 6.45) is 1.54. The topological polar surface area (TPSA) is 81.9 Å². The summed E-state index contributed by atoms with van der Waals surface area (Å²) in [5.41, 5.74) is 1.17. The van der Waals surface area contributed by atoms with Crippen LogP contribution in [0.15, 0.2) is 30.5 Å². The lowest BCUT2D eigenvalue weighted by Crippen LogP contribution is -2.46. The summed E-state index contributed by atoms with van der Waals surface area (Å²) >= 11 is 0. The van der Waals surface area contributed by atoms with Crippen LogP contribution in [0.4, 0.5) is 20.4 Å². The first kappa shape index (κ1) is 17.7. The van der Waals surface area contributed by atoms with Crippen molar-refractivity contribution in [3.05, 3.63) is 47.3 Å². The third-order valence-electron chi connectivity index (χ3n) is 4.12. The molecule has 1 aliphatic heterocycles. The van der Waals surface area contributed by atoms with Crippen molar-refractivity contribution in [1.29, 1.82) is 5.26 Å². The quantitative estimate of drug-likeness (QED) is 0.912. The van der Waals surface area contributed by atoms with E-state index in [-0.39, 0.29) is 18.5 Å². The molecule has 0 aromatic carbocycles. The van der Waals surface area contributed by atoms with E-state index in [1.54, 1.807) is 31.2 Å². The van der Waals surface area contributed by atoms with Crippen LogP contribution in [0.2, 0.25) is 0 Å². The molecule has 3 heterocycles. The average Bonchev–Trinajstić information content (AvgIpc) is 2.62. The Hall–Kier alpha value is -3.08. The molecule has 1 fully saturated rings. The Morgan fingerprint density at radius 3 is 2.88 bits per heavy atom. The van der Waals surface area contributed by atoms with Crippen molar-refractivity contribution in [2.45, 2.75) is 25.7 Å². The van der Waals surface area contributed by atoms with E-state index in [0.29, 0.717) is 29.3 Å². The van der Waals surface area contributed by atoms with Gasteiger partial charge in [-0.15, -0.1) is 0 Å². The Kier molecular flexibility index (Phi) is 4.80. The molecular formula is C18H17F2N5O. The van der Waals surface area contributed by atoms with Crippen LogP contribution < -0.4 is 5.32 Å². The number of nitriles is 1. The van der Waals surface area contributed by atoms with Crippen LogP contribution >= 0.6 is 0 Å². The maximum Gasteiger partial charge on any atom is 0.273 e. The highest BCUT2D eigenvalue weighted by Gasteiger charge is 2.37. The van der Waals surface area contributed by atoms with Crippen LogP contribution in [0.3, 0.4) is 0 Å². The predicted octanol–water partition coefficient (Wildman–Crippen LogP) is 3.27. The first-order valence-electron chi connectivity index (χ1n) is 8.16. The van der Waals surface area contributed by atoms with Gasteiger partial charge in [-0.2, -0.15) is 5.26 Å². The first-order valence-corrected chi connectivity index (χ1v) is 8.16. The van der Waals surface area contributed by atoms with Crippen molar-refractivity contribution >= 4 is 17.5 Å². The monoisotopic (exact) mass is 357 g/mol. The van der Waals surface area contributed by atoms with Crippen LogP contribution in [-0.2, 0) is 0 Å². The number of carbonyl (C=O) groups excluding carboxylic acids is 1. The lowest BCUT2D eigenvalue weighted by molar-refractivity contribution is -0.0561. The molecule has 2 aromatic rings. The highest BCUT2D eigenvalue weighted by Crippen LogP contribution is 2.28. The third-order valence-corrected chi connectivity index (χ3v) is 4.12. The molecule has 0 bridgehead atoms. The number of halogens is 2. The molecule has 0 spiro atoms. The predicted molar refractivity (Wildman–Crippen MR) is 91.3 cm³/mol. The van der Waals surface area contributed by atoms with Crippen molar-refractivity contribution in [2.24, 2.45) is 0 Å². The van der Waals surface area contributed by atoms with Gasteiger partial charge < -0.3 is 10.2 Å². The second-order valence-corrected chi connectivity index (χ2v) is 6.21. The van der Waals surface area contributed by atoms with Gasteiger partial charge in [0.05, 0.1) is 18.2 Å². The normalized spacial score (nSPS) is 16.0. The van der Waals surface area contributed by atoms with Crippen LogP contribution in [0.25, 0.3) is 0 Å². The van der Waals surface area contributed by atoms with Gasteiger partial charge in [0.1, 0.15) is 17.3 Å². The van der Waals surface area contributed by atoms with E-state index in [2.05, 4.69) is 15.3 Å². The van der Waals surface area contributed by atoms with Gasteiger partial charge in [0, 0.05) is 19.2 Å². The standard InChI is InChI=1S/C18H17F2N5O/c1-12-3-4-14(23-15-9-13(10-21)5-7-22-15)24-16(12)17(26)25-8-2-6-18(19,20)11-25/h3-5,7,9H,2,6,8,11H2,1H3,(H,22,23,24). The van der Waals surface area contributed by atoms with Crippen molar-refractivity contribution < 1.29 is 13.6 Å². The number of piperidine rings is 1. The van der Waals surface area contributed by atoms with Crippen molar-refractivity contribution in [3.8, 4) is 6.07 Å². The van der Waals surface area contributed by atoms with E-state index >= 15 is 0 Å². The summed E-state index contributed by atoms with van der Waals surface area (Å²) in [7, 11) is 0. The van der Waals surface area contributed by atoms with Gasteiger partial charge in [-0.3, -0.25) is 4.79 Å². The molecule has 3 rings (SSSR count). The Balaban J connectivity index is 1.83. The van der Waals surface area contributed by atoms with Gasteiger partial charge in [0.25, 0.3) is 11.8 Å². The van der Waals surface area contributed by atoms with E-state index in [0.717, 1.165) is 4.90 Å². The Labute approximate surface area is 149 Å².